The van der Waals surface area contributed by atoms with Gasteiger partial charge >= 0.3 is 12.0 Å². The van der Waals surface area contributed by atoms with E-state index in [1.807, 2.05) is 24.3 Å². The quantitative estimate of drug-likeness (QED) is 0.198. The first kappa shape index (κ1) is 29.8. The van der Waals surface area contributed by atoms with E-state index in [-0.39, 0.29) is 18.8 Å². The Morgan fingerprint density at radius 1 is 1.02 bits per heavy atom. The van der Waals surface area contributed by atoms with Crippen molar-refractivity contribution in [2.24, 2.45) is 5.73 Å². The van der Waals surface area contributed by atoms with Crippen molar-refractivity contribution < 1.29 is 33.3 Å². The fourth-order valence-corrected chi connectivity index (χ4v) is 5.25. The molecular formula is C31H35ClN4O5+2. The maximum Gasteiger partial charge on any atom is 0.496 e. The molecule has 0 aromatic heterocycles. The summed E-state index contributed by atoms with van der Waals surface area (Å²) in [6.45, 7) is 4.02. The van der Waals surface area contributed by atoms with Crippen LogP contribution in [0.5, 0.6) is 5.75 Å². The second kappa shape index (κ2) is 13.0. The number of rotatable bonds is 9. The highest BCUT2D eigenvalue weighted by Gasteiger charge is 2.41. The second-order valence-electron chi connectivity index (χ2n) is 10.5. The van der Waals surface area contributed by atoms with Gasteiger partial charge in [-0.15, -0.1) is 0 Å². The molecule has 0 aliphatic carbocycles. The van der Waals surface area contributed by atoms with Crippen LogP contribution in [0.1, 0.15) is 34.8 Å². The van der Waals surface area contributed by atoms with Crippen molar-refractivity contribution in [2.75, 3.05) is 32.1 Å². The summed E-state index contributed by atoms with van der Waals surface area (Å²) in [6, 6.07) is 19.1. The monoisotopic (exact) mass is 578 g/mol. The standard InChI is InChI=1S/C31H33ClN4O5/c1-3-41-30(39)23-8-12-25(13-9-23)34-31(40)35(28(29(33)38)18-21-6-14-27(37)15-7-21)26-16-17-36(2,20-26)19-22-4-10-24(32)11-5-22/h4-15,28H,3,16-20H2,1-2H3,(H2-2,33,34,37,38,39,40)/p+2/b35-26-/t28-,36?/m0/s1. The van der Waals surface area contributed by atoms with Crippen LogP contribution >= 0.6 is 11.6 Å². The van der Waals surface area contributed by atoms with Gasteiger partial charge in [0.2, 0.25) is 0 Å². The first-order valence-electron chi connectivity index (χ1n) is 13.4. The zero-order valence-corrected chi connectivity index (χ0v) is 23.9. The fourth-order valence-electron chi connectivity index (χ4n) is 5.13. The number of halogens is 1. The number of urea groups is 1. The van der Waals surface area contributed by atoms with Gasteiger partial charge in [-0.25, -0.2) is 10.1 Å². The van der Waals surface area contributed by atoms with Crippen LogP contribution in [-0.2, 0) is 22.5 Å². The molecule has 3 amide bonds. The number of quaternary nitrogens is 1. The number of nitrogens with zero attached hydrogens (tertiary/aromatic N) is 2. The van der Waals surface area contributed by atoms with Gasteiger partial charge in [0.15, 0.2) is 6.04 Å². The van der Waals surface area contributed by atoms with Gasteiger partial charge in [0.1, 0.15) is 30.2 Å². The number of carbonyl (C=O) groups excluding carboxylic acids is 3. The van der Waals surface area contributed by atoms with Crippen LogP contribution in [0.25, 0.3) is 0 Å². The Bertz CT molecular complexity index is 1440. The number of phenolic OH excluding ortho intramolecular Hbond substituents is 1. The summed E-state index contributed by atoms with van der Waals surface area (Å²) in [5.74, 6) is -0.989. The van der Waals surface area contributed by atoms with E-state index in [0.29, 0.717) is 33.7 Å². The van der Waals surface area contributed by atoms with Crippen molar-refractivity contribution in [3.05, 3.63) is 94.5 Å². The van der Waals surface area contributed by atoms with Crippen molar-refractivity contribution in [1.29, 1.82) is 0 Å². The molecule has 4 rings (SSSR count). The average molecular weight is 579 g/mol. The Kier molecular flexibility index (Phi) is 9.42. The van der Waals surface area contributed by atoms with Gasteiger partial charge in [-0.2, -0.15) is 9.37 Å². The molecule has 1 aliphatic rings. The summed E-state index contributed by atoms with van der Waals surface area (Å²) in [5.41, 5.74) is 9.39. The average Bonchev–Trinajstić information content (AvgIpc) is 3.32. The predicted molar refractivity (Wildman–Crippen MR) is 157 cm³/mol. The predicted octanol–water partition coefficient (Wildman–Crippen LogP) is 4.35. The van der Waals surface area contributed by atoms with Crippen molar-refractivity contribution in [1.82, 2.24) is 0 Å². The van der Waals surface area contributed by atoms with E-state index in [1.54, 1.807) is 43.3 Å². The van der Waals surface area contributed by atoms with E-state index in [2.05, 4.69) is 12.4 Å². The minimum absolute atomic E-state index is 0.102. The van der Waals surface area contributed by atoms with Gasteiger partial charge in [-0.05, 0) is 61.0 Å². The third-order valence-corrected chi connectivity index (χ3v) is 7.45. The molecule has 1 aliphatic heterocycles. The maximum atomic E-state index is 13.9. The van der Waals surface area contributed by atoms with Crippen molar-refractivity contribution in [3.8, 4) is 5.75 Å². The van der Waals surface area contributed by atoms with Gasteiger partial charge in [0.25, 0.3) is 5.91 Å². The fraction of sp³-hybridized carbons (Fsp3) is 0.290. The van der Waals surface area contributed by atoms with Crippen LogP contribution in [0, 0.1) is 0 Å². The minimum atomic E-state index is -0.963. The number of phenols is 1. The molecule has 3 aromatic rings. The number of anilines is 1. The maximum absolute atomic E-state index is 13.9. The van der Waals surface area contributed by atoms with Crippen LogP contribution in [0.15, 0.2) is 72.8 Å². The minimum Gasteiger partial charge on any atom is -0.508 e. The number of hydrogen-bond donors (Lipinski definition) is 3. The highest BCUT2D eigenvalue weighted by molar-refractivity contribution is 6.30. The zero-order chi connectivity index (χ0) is 29.6. The van der Waals surface area contributed by atoms with Crippen LogP contribution in [-0.4, -0.2) is 70.6 Å². The summed E-state index contributed by atoms with van der Waals surface area (Å²) in [4.78, 5) is 38.7. The number of primary amides is 1. The van der Waals surface area contributed by atoms with Crippen LogP contribution in [0.4, 0.5) is 10.5 Å². The number of ether oxygens (including phenoxy) is 1. The van der Waals surface area contributed by atoms with Gasteiger partial charge in [-0.3, -0.25) is 4.79 Å². The molecule has 1 saturated heterocycles. The van der Waals surface area contributed by atoms with E-state index < -0.39 is 23.9 Å². The lowest BCUT2D eigenvalue weighted by Gasteiger charge is -2.28. The molecule has 9 nitrogen and oxygen atoms in total. The Labute approximate surface area is 244 Å². The lowest BCUT2D eigenvalue weighted by atomic mass is 10.0. The molecule has 0 saturated carbocycles. The number of nitrogens with two attached hydrogens (primary N) is 1. The molecule has 1 heterocycles. The Hall–Kier alpha value is -4.21. The first-order valence-corrected chi connectivity index (χ1v) is 13.8. The van der Waals surface area contributed by atoms with Gasteiger partial charge in [0, 0.05) is 17.0 Å². The van der Waals surface area contributed by atoms with E-state index in [9.17, 15) is 19.5 Å². The van der Waals surface area contributed by atoms with Crippen LogP contribution in [0.2, 0.25) is 5.02 Å². The normalized spacial score (nSPS) is 18.4. The Morgan fingerprint density at radius 2 is 1.66 bits per heavy atom. The highest BCUT2D eigenvalue weighted by Crippen LogP contribution is 2.23. The molecule has 1 fully saturated rings. The lowest BCUT2D eigenvalue weighted by molar-refractivity contribution is -0.907. The number of hydrogen-bond acceptors (Lipinski definition) is 5. The molecule has 1 unspecified atom stereocenters. The second-order valence-corrected chi connectivity index (χ2v) is 10.9. The van der Waals surface area contributed by atoms with E-state index in [0.717, 1.165) is 29.9 Å². The number of carbonyl (C=O) groups is 3. The van der Waals surface area contributed by atoms with Crippen molar-refractivity contribution >= 4 is 40.9 Å². The molecule has 4 N–H and O–H groups in total. The molecule has 2 atom stereocenters. The molecule has 0 spiro atoms. The lowest BCUT2D eigenvalue weighted by Crippen LogP contribution is -2.49. The molecular weight excluding hydrogens is 544 g/mol. The van der Waals surface area contributed by atoms with Crippen molar-refractivity contribution in [2.45, 2.75) is 32.4 Å². The largest absolute Gasteiger partial charge is 0.508 e. The summed E-state index contributed by atoms with van der Waals surface area (Å²) in [5, 5.41) is 13.2. The molecule has 0 bridgehead atoms. The molecule has 3 aromatic carbocycles. The zero-order valence-electron chi connectivity index (χ0n) is 23.2. The van der Waals surface area contributed by atoms with Gasteiger partial charge in [0.05, 0.1) is 32.2 Å². The third-order valence-electron chi connectivity index (χ3n) is 7.19. The summed E-state index contributed by atoms with van der Waals surface area (Å²) < 4.78 is 7.16. The highest BCUT2D eigenvalue weighted by atomic mass is 35.5. The Balaban J connectivity index is 1.65. The van der Waals surface area contributed by atoms with E-state index >= 15 is 0 Å². The van der Waals surface area contributed by atoms with E-state index in [4.69, 9.17) is 22.1 Å². The number of likely N-dealkylation sites (tertiary alicyclic amines) is 1. The molecule has 0 radical (unpaired) electrons. The molecule has 10 heteroatoms. The SMILES string of the molecule is CCOC(=O)c1ccc(NC(=O)/[N+](=C2/CC[N+](C)(Cc3ccc(Cl)cc3)C2)[C@@H](Cc2ccc(O)cc2)C(N)=O)cc1. The molecule has 41 heavy (non-hydrogen) atoms. The van der Waals surface area contributed by atoms with Crippen molar-refractivity contribution in [3.63, 3.8) is 0 Å². The topological polar surface area (TPSA) is 122 Å². The van der Waals surface area contributed by atoms with Crippen LogP contribution in [0.3, 0.4) is 0 Å². The number of esters is 1. The number of benzene rings is 3. The summed E-state index contributed by atoms with van der Waals surface area (Å²) in [6.07, 6.45) is 0.772. The smallest absolute Gasteiger partial charge is 0.496 e. The van der Waals surface area contributed by atoms with Gasteiger partial charge < -0.3 is 20.1 Å². The summed E-state index contributed by atoms with van der Waals surface area (Å²) >= 11 is 6.07. The van der Waals surface area contributed by atoms with Crippen LogP contribution < -0.4 is 11.1 Å². The Morgan fingerprint density at radius 3 is 2.27 bits per heavy atom. The third kappa shape index (κ3) is 7.71. The molecule has 214 valence electrons. The van der Waals surface area contributed by atoms with Gasteiger partial charge in [-0.1, -0.05) is 35.9 Å². The summed E-state index contributed by atoms with van der Waals surface area (Å²) in [7, 11) is 2.12. The first-order chi connectivity index (χ1) is 19.6. The number of amides is 3. The number of nitrogens with one attached hydrogen (secondary N) is 1. The van der Waals surface area contributed by atoms with E-state index in [1.165, 1.54) is 16.7 Å². The number of aromatic hydroxyl groups is 1.